The van der Waals surface area contributed by atoms with E-state index in [0.29, 0.717) is 24.4 Å². The molecule has 1 fully saturated rings. The number of rotatable bonds is 4. The lowest BCUT2D eigenvalue weighted by Crippen LogP contribution is -2.46. The summed E-state index contributed by atoms with van der Waals surface area (Å²) in [5, 5.41) is 2.95. The number of amides is 2. The quantitative estimate of drug-likeness (QED) is 0.879. The van der Waals surface area contributed by atoms with E-state index in [2.05, 4.69) is 5.32 Å². The number of likely N-dealkylation sites (tertiary alicyclic amines) is 1. The van der Waals surface area contributed by atoms with Crippen LogP contribution in [-0.2, 0) is 4.79 Å². The Morgan fingerprint density at radius 1 is 1.22 bits per heavy atom. The van der Waals surface area contributed by atoms with E-state index in [4.69, 9.17) is 8.83 Å². The van der Waals surface area contributed by atoms with E-state index >= 15 is 0 Å². The highest BCUT2D eigenvalue weighted by Gasteiger charge is 2.24. The molecule has 1 N–H and O–H groups in total. The number of carbonyl (C=O) groups is 2. The van der Waals surface area contributed by atoms with E-state index in [0.717, 1.165) is 12.8 Å². The molecule has 0 aliphatic carbocycles. The van der Waals surface area contributed by atoms with Crippen LogP contribution in [0.5, 0.6) is 0 Å². The molecule has 3 rings (SSSR count). The summed E-state index contributed by atoms with van der Waals surface area (Å²) in [6.45, 7) is 1.24. The van der Waals surface area contributed by atoms with Crippen molar-refractivity contribution in [3.63, 3.8) is 0 Å². The van der Waals surface area contributed by atoms with Gasteiger partial charge in [-0.2, -0.15) is 0 Å². The number of carbonyl (C=O) groups excluding carboxylic acids is 2. The second kappa shape index (κ2) is 7.00. The number of furan rings is 2. The highest BCUT2D eigenvalue weighted by Crippen LogP contribution is 2.14. The van der Waals surface area contributed by atoms with E-state index < -0.39 is 0 Å². The number of nitrogens with one attached hydrogen (secondary N) is 1. The molecule has 1 aliphatic rings. The van der Waals surface area contributed by atoms with Gasteiger partial charge in [-0.1, -0.05) is 0 Å². The van der Waals surface area contributed by atoms with Gasteiger partial charge in [-0.15, -0.1) is 0 Å². The first-order valence-electron chi connectivity index (χ1n) is 7.56. The van der Waals surface area contributed by atoms with Gasteiger partial charge >= 0.3 is 0 Å². The lowest BCUT2D eigenvalue weighted by molar-refractivity contribution is -0.117. The largest absolute Gasteiger partial charge is 0.472 e. The van der Waals surface area contributed by atoms with Crippen molar-refractivity contribution in [3.8, 4) is 0 Å². The Kier molecular flexibility index (Phi) is 4.61. The van der Waals surface area contributed by atoms with Crippen molar-refractivity contribution in [3.05, 3.63) is 54.4 Å². The Morgan fingerprint density at radius 3 is 2.70 bits per heavy atom. The van der Waals surface area contributed by atoms with Gasteiger partial charge in [-0.05, 0) is 37.1 Å². The topological polar surface area (TPSA) is 75.7 Å². The van der Waals surface area contributed by atoms with Crippen LogP contribution in [0.15, 0.2) is 51.9 Å². The number of nitrogens with zero attached hydrogens (tertiary/aromatic N) is 1. The minimum absolute atomic E-state index is 0.0266. The fourth-order valence-corrected chi connectivity index (χ4v) is 2.59. The Balaban J connectivity index is 1.45. The van der Waals surface area contributed by atoms with Crippen LogP contribution in [0, 0.1) is 0 Å². The van der Waals surface area contributed by atoms with Gasteiger partial charge in [0.1, 0.15) is 12.0 Å². The molecule has 0 atom stereocenters. The van der Waals surface area contributed by atoms with Crippen molar-refractivity contribution in [2.75, 3.05) is 13.1 Å². The first kappa shape index (κ1) is 15.1. The molecule has 0 bridgehead atoms. The highest BCUT2D eigenvalue weighted by molar-refractivity contribution is 5.94. The monoisotopic (exact) mass is 314 g/mol. The van der Waals surface area contributed by atoms with Crippen LogP contribution in [0.25, 0.3) is 6.08 Å². The van der Waals surface area contributed by atoms with E-state index in [9.17, 15) is 9.59 Å². The summed E-state index contributed by atoms with van der Waals surface area (Å²) >= 11 is 0. The predicted molar refractivity (Wildman–Crippen MR) is 83.5 cm³/mol. The smallest absolute Gasteiger partial charge is 0.257 e. The molecular weight excluding hydrogens is 296 g/mol. The molecule has 0 aromatic carbocycles. The average molecular weight is 314 g/mol. The van der Waals surface area contributed by atoms with Gasteiger partial charge in [0.15, 0.2) is 0 Å². The minimum atomic E-state index is -0.152. The molecule has 6 heteroatoms. The third-order valence-corrected chi connectivity index (χ3v) is 3.84. The van der Waals surface area contributed by atoms with Crippen LogP contribution < -0.4 is 5.32 Å². The maximum Gasteiger partial charge on any atom is 0.257 e. The van der Waals surface area contributed by atoms with Crippen molar-refractivity contribution in [1.29, 1.82) is 0 Å². The Hall–Kier alpha value is -2.76. The molecule has 0 saturated carbocycles. The third kappa shape index (κ3) is 3.91. The summed E-state index contributed by atoms with van der Waals surface area (Å²) in [4.78, 5) is 25.8. The van der Waals surface area contributed by atoms with Gasteiger partial charge in [-0.25, -0.2) is 0 Å². The van der Waals surface area contributed by atoms with Crippen molar-refractivity contribution < 1.29 is 18.4 Å². The van der Waals surface area contributed by atoms with E-state index in [-0.39, 0.29) is 17.9 Å². The summed E-state index contributed by atoms with van der Waals surface area (Å²) in [5.41, 5.74) is 0.564. The van der Waals surface area contributed by atoms with E-state index in [1.807, 2.05) is 0 Å². The number of hydrogen-bond acceptors (Lipinski definition) is 4. The van der Waals surface area contributed by atoms with Gasteiger partial charge in [0.25, 0.3) is 5.91 Å². The zero-order valence-corrected chi connectivity index (χ0v) is 12.6. The van der Waals surface area contributed by atoms with Gasteiger partial charge < -0.3 is 19.1 Å². The zero-order chi connectivity index (χ0) is 16.1. The molecule has 1 saturated heterocycles. The summed E-state index contributed by atoms with van der Waals surface area (Å²) in [6, 6.07) is 5.29. The third-order valence-electron chi connectivity index (χ3n) is 3.84. The SMILES string of the molecule is O=C(/C=C/c1ccco1)NC1CCN(C(=O)c2ccoc2)CC1. The van der Waals surface area contributed by atoms with Crippen molar-refractivity contribution in [2.24, 2.45) is 0 Å². The molecule has 3 heterocycles. The summed E-state index contributed by atoms with van der Waals surface area (Å²) in [7, 11) is 0. The molecule has 0 unspecified atom stereocenters. The standard InChI is InChI=1S/C17H18N2O4/c20-16(4-3-15-2-1-10-23-15)18-14-5-8-19(9-6-14)17(21)13-7-11-22-12-13/h1-4,7,10-12,14H,5-6,8-9H2,(H,18,20)/b4-3+. The predicted octanol–water partition coefficient (Wildman–Crippen LogP) is 2.31. The maximum atomic E-state index is 12.2. The van der Waals surface area contributed by atoms with Gasteiger partial charge in [0, 0.05) is 25.2 Å². The molecule has 120 valence electrons. The van der Waals surface area contributed by atoms with Gasteiger partial charge in [-0.3, -0.25) is 9.59 Å². The maximum absolute atomic E-state index is 12.2. The molecule has 2 aromatic heterocycles. The summed E-state index contributed by atoms with van der Waals surface area (Å²) < 4.78 is 10.1. The number of piperidine rings is 1. The molecule has 2 amide bonds. The van der Waals surface area contributed by atoms with Gasteiger partial charge in [0.05, 0.1) is 18.1 Å². The van der Waals surface area contributed by atoms with Crippen LogP contribution in [0.1, 0.15) is 29.0 Å². The summed E-state index contributed by atoms with van der Waals surface area (Å²) in [6.07, 6.45) is 9.08. The van der Waals surface area contributed by atoms with Crippen LogP contribution in [0.2, 0.25) is 0 Å². The second-order valence-electron chi connectivity index (χ2n) is 5.44. The molecule has 23 heavy (non-hydrogen) atoms. The molecule has 2 aromatic rings. The van der Waals surface area contributed by atoms with Crippen LogP contribution in [0.4, 0.5) is 0 Å². The van der Waals surface area contributed by atoms with Crippen molar-refractivity contribution in [1.82, 2.24) is 10.2 Å². The second-order valence-corrected chi connectivity index (χ2v) is 5.44. The first-order valence-corrected chi connectivity index (χ1v) is 7.56. The van der Waals surface area contributed by atoms with Crippen molar-refractivity contribution in [2.45, 2.75) is 18.9 Å². The normalized spacial score (nSPS) is 15.9. The molecule has 6 nitrogen and oxygen atoms in total. The Morgan fingerprint density at radius 2 is 2.04 bits per heavy atom. The zero-order valence-electron chi connectivity index (χ0n) is 12.6. The molecule has 1 aliphatic heterocycles. The Labute approximate surface area is 133 Å². The average Bonchev–Trinajstić information content (AvgIpc) is 3.26. The molecule has 0 spiro atoms. The minimum Gasteiger partial charge on any atom is -0.472 e. The lowest BCUT2D eigenvalue weighted by atomic mass is 10.0. The van der Waals surface area contributed by atoms with Crippen molar-refractivity contribution >= 4 is 17.9 Å². The lowest BCUT2D eigenvalue weighted by Gasteiger charge is -2.32. The van der Waals surface area contributed by atoms with E-state index in [1.165, 1.54) is 18.6 Å². The van der Waals surface area contributed by atoms with Gasteiger partial charge in [0.2, 0.25) is 5.91 Å². The van der Waals surface area contributed by atoms with Crippen LogP contribution in [0.3, 0.4) is 0 Å². The highest BCUT2D eigenvalue weighted by atomic mass is 16.3. The Bertz CT molecular complexity index is 666. The van der Waals surface area contributed by atoms with E-state index in [1.54, 1.807) is 35.4 Å². The molecule has 0 radical (unpaired) electrons. The van der Waals surface area contributed by atoms with Crippen LogP contribution >= 0.6 is 0 Å². The molecular formula is C17H18N2O4. The van der Waals surface area contributed by atoms with Crippen LogP contribution in [-0.4, -0.2) is 35.8 Å². The first-order chi connectivity index (χ1) is 11.2. The fourth-order valence-electron chi connectivity index (χ4n) is 2.59. The summed E-state index contributed by atoms with van der Waals surface area (Å²) in [5.74, 6) is 0.461. The number of hydrogen-bond donors (Lipinski definition) is 1. The fraction of sp³-hybridized carbons (Fsp3) is 0.294.